The maximum atomic E-state index is 10.7. The summed E-state index contributed by atoms with van der Waals surface area (Å²) in [5.74, 6) is -0.381. The quantitative estimate of drug-likeness (QED) is 0.530. The summed E-state index contributed by atoms with van der Waals surface area (Å²) in [4.78, 5) is 28.6. The molecule has 0 aliphatic carbocycles. The smallest absolute Gasteiger partial charge is 0.344 e. The predicted molar refractivity (Wildman–Crippen MR) is 34.6 cm³/mol. The first-order valence-electron chi connectivity index (χ1n) is 2.89. The maximum absolute atomic E-state index is 10.7. The highest BCUT2D eigenvalue weighted by molar-refractivity contribution is 7.51. The molecule has 0 unspecified atom stereocenters. The van der Waals surface area contributed by atoms with Crippen molar-refractivity contribution in [3.05, 3.63) is 0 Å². The van der Waals surface area contributed by atoms with Gasteiger partial charge in [-0.25, -0.2) is 0 Å². The Morgan fingerprint density at radius 3 is 2.64 bits per heavy atom. The molecule has 1 rings (SSSR count). The van der Waals surface area contributed by atoms with Crippen LogP contribution in [0.3, 0.4) is 0 Å². The number of hydrogen-bond donors (Lipinski definition) is 2. The van der Waals surface area contributed by atoms with E-state index in [1.807, 2.05) is 0 Å². The van der Waals surface area contributed by atoms with Gasteiger partial charge in [-0.2, -0.15) is 0 Å². The van der Waals surface area contributed by atoms with Gasteiger partial charge in [0.1, 0.15) is 19.6 Å². The summed E-state index contributed by atoms with van der Waals surface area (Å²) in [6.45, 7) is -0.107. The van der Waals surface area contributed by atoms with E-state index in [4.69, 9.17) is 9.79 Å². The molecule has 0 atom stereocenters. The van der Waals surface area contributed by atoms with Crippen molar-refractivity contribution >= 4 is 13.5 Å². The number of rotatable bonds is 2. The lowest BCUT2D eigenvalue weighted by Crippen LogP contribution is -2.26. The minimum Gasteiger partial charge on any atom is -0.351 e. The number of amides is 1. The normalized spacial score (nSPS) is 19.5. The molecule has 7 heteroatoms. The third-order valence-electron chi connectivity index (χ3n) is 1.18. The van der Waals surface area contributed by atoms with Crippen molar-refractivity contribution in [2.24, 2.45) is 0 Å². The van der Waals surface area contributed by atoms with E-state index in [2.05, 4.69) is 4.74 Å². The molecule has 64 valence electrons. The average Bonchev–Trinajstić information content (AvgIpc) is 2.12. The fourth-order valence-corrected chi connectivity index (χ4v) is 1.43. The topological polar surface area (TPSA) is 87.1 Å². The Balaban J connectivity index is 2.50. The molecule has 1 heterocycles. The minimum absolute atomic E-state index is 0.0239. The summed E-state index contributed by atoms with van der Waals surface area (Å²) >= 11 is 0. The van der Waals surface area contributed by atoms with Gasteiger partial charge in [-0.1, -0.05) is 0 Å². The summed E-state index contributed by atoms with van der Waals surface area (Å²) in [7, 11) is -4.13. The Labute approximate surface area is 62.9 Å². The van der Waals surface area contributed by atoms with Crippen LogP contribution in [-0.2, 0) is 14.1 Å². The molecular weight excluding hydrogens is 173 g/mol. The molecule has 0 aromatic rings. The van der Waals surface area contributed by atoms with Crippen LogP contribution < -0.4 is 0 Å². The molecule has 0 saturated carbocycles. The number of ether oxygens (including phenoxy) is 1. The highest BCUT2D eigenvalue weighted by Gasteiger charge is 2.27. The van der Waals surface area contributed by atoms with Crippen molar-refractivity contribution in [3.63, 3.8) is 0 Å². The fraction of sp³-hybridized carbons (Fsp3) is 0.750. The van der Waals surface area contributed by atoms with Gasteiger partial charge in [-0.15, -0.1) is 0 Å². The first-order chi connectivity index (χ1) is 4.99. The molecule has 0 bridgehead atoms. The fourth-order valence-electron chi connectivity index (χ4n) is 0.749. The SMILES string of the molecule is O=C1COCN1CP(=O)(O)O. The van der Waals surface area contributed by atoms with E-state index < -0.39 is 13.9 Å². The number of hydrogen-bond acceptors (Lipinski definition) is 3. The van der Waals surface area contributed by atoms with E-state index in [9.17, 15) is 9.36 Å². The second-order valence-corrected chi connectivity index (χ2v) is 3.83. The zero-order valence-corrected chi connectivity index (χ0v) is 6.53. The molecule has 1 fully saturated rings. The van der Waals surface area contributed by atoms with Crippen LogP contribution in [0.15, 0.2) is 0 Å². The van der Waals surface area contributed by atoms with Crippen molar-refractivity contribution < 1.29 is 23.9 Å². The second kappa shape index (κ2) is 2.91. The largest absolute Gasteiger partial charge is 0.351 e. The first kappa shape index (κ1) is 8.67. The molecule has 2 N–H and O–H groups in total. The molecule has 1 saturated heterocycles. The van der Waals surface area contributed by atoms with Crippen LogP contribution >= 0.6 is 7.60 Å². The molecular formula is C4H8NO5P. The van der Waals surface area contributed by atoms with Gasteiger partial charge in [0.05, 0.1) is 0 Å². The number of nitrogens with zero attached hydrogens (tertiary/aromatic N) is 1. The lowest BCUT2D eigenvalue weighted by atomic mass is 10.6. The summed E-state index contributed by atoms with van der Waals surface area (Å²) in [5.41, 5.74) is 0. The van der Waals surface area contributed by atoms with Gasteiger partial charge in [-0.3, -0.25) is 9.36 Å². The van der Waals surface area contributed by atoms with Crippen LogP contribution in [0.4, 0.5) is 0 Å². The maximum Gasteiger partial charge on any atom is 0.344 e. The molecule has 1 aliphatic rings. The number of carbonyl (C=O) groups excluding carboxylic acids is 1. The van der Waals surface area contributed by atoms with Gasteiger partial charge in [0, 0.05) is 0 Å². The van der Waals surface area contributed by atoms with E-state index in [1.54, 1.807) is 0 Å². The molecule has 0 aromatic carbocycles. The van der Waals surface area contributed by atoms with Crippen LogP contribution in [0.25, 0.3) is 0 Å². The van der Waals surface area contributed by atoms with Crippen molar-refractivity contribution in [1.82, 2.24) is 4.90 Å². The Hall–Kier alpha value is -0.420. The minimum atomic E-state index is -4.13. The highest BCUT2D eigenvalue weighted by Crippen LogP contribution is 2.35. The van der Waals surface area contributed by atoms with Crippen LogP contribution in [0.2, 0.25) is 0 Å². The van der Waals surface area contributed by atoms with Crippen LogP contribution in [0.5, 0.6) is 0 Å². The van der Waals surface area contributed by atoms with E-state index >= 15 is 0 Å². The Kier molecular flexibility index (Phi) is 2.29. The average molecular weight is 181 g/mol. The van der Waals surface area contributed by atoms with Gasteiger partial charge in [0.2, 0.25) is 0 Å². The second-order valence-electron chi connectivity index (χ2n) is 2.22. The Bertz CT molecular complexity index is 211. The van der Waals surface area contributed by atoms with Gasteiger partial charge in [0.15, 0.2) is 0 Å². The Morgan fingerprint density at radius 2 is 2.27 bits per heavy atom. The van der Waals surface area contributed by atoms with E-state index in [0.717, 1.165) is 4.90 Å². The zero-order chi connectivity index (χ0) is 8.48. The van der Waals surface area contributed by atoms with Crippen molar-refractivity contribution in [1.29, 1.82) is 0 Å². The third kappa shape index (κ3) is 2.59. The molecule has 11 heavy (non-hydrogen) atoms. The van der Waals surface area contributed by atoms with Gasteiger partial charge < -0.3 is 19.4 Å². The Morgan fingerprint density at radius 1 is 1.64 bits per heavy atom. The summed E-state index contributed by atoms with van der Waals surface area (Å²) in [6, 6.07) is 0. The van der Waals surface area contributed by atoms with E-state index in [0.29, 0.717) is 0 Å². The van der Waals surface area contributed by atoms with Crippen LogP contribution in [-0.4, -0.2) is 40.2 Å². The third-order valence-corrected chi connectivity index (χ3v) is 1.89. The van der Waals surface area contributed by atoms with Gasteiger partial charge in [0.25, 0.3) is 5.91 Å². The lowest BCUT2D eigenvalue weighted by Gasteiger charge is -2.13. The zero-order valence-electron chi connectivity index (χ0n) is 5.63. The lowest BCUT2D eigenvalue weighted by molar-refractivity contribution is -0.126. The summed E-state index contributed by atoms with van der Waals surface area (Å²) in [5, 5.41) is 0. The van der Waals surface area contributed by atoms with Crippen LogP contribution in [0, 0.1) is 0 Å². The van der Waals surface area contributed by atoms with E-state index in [-0.39, 0.29) is 19.2 Å². The van der Waals surface area contributed by atoms with Crippen LogP contribution in [0.1, 0.15) is 0 Å². The van der Waals surface area contributed by atoms with Crippen molar-refractivity contribution in [2.45, 2.75) is 0 Å². The number of carbonyl (C=O) groups is 1. The molecule has 0 aromatic heterocycles. The van der Waals surface area contributed by atoms with Gasteiger partial charge >= 0.3 is 7.60 Å². The van der Waals surface area contributed by atoms with Gasteiger partial charge in [-0.05, 0) is 0 Å². The predicted octanol–water partition coefficient (Wildman–Crippen LogP) is -1.06. The van der Waals surface area contributed by atoms with Crippen molar-refractivity contribution in [2.75, 3.05) is 19.6 Å². The standard InChI is InChI=1S/C4H8NO5P/c6-4-1-10-2-5(4)3-11(7,8)9/h1-3H2,(H2,7,8,9). The monoisotopic (exact) mass is 181 g/mol. The highest BCUT2D eigenvalue weighted by atomic mass is 31.2. The van der Waals surface area contributed by atoms with Crippen molar-refractivity contribution in [3.8, 4) is 0 Å². The first-order valence-corrected chi connectivity index (χ1v) is 4.69. The summed E-state index contributed by atoms with van der Waals surface area (Å²) in [6.07, 6.45) is -0.550. The molecule has 0 spiro atoms. The molecule has 6 nitrogen and oxygen atoms in total. The molecule has 1 amide bonds. The summed E-state index contributed by atoms with van der Waals surface area (Å²) < 4.78 is 15.0. The molecule has 0 radical (unpaired) electrons. The molecule has 1 aliphatic heterocycles. The van der Waals surface area contributed by atoms with E-state index in [1.165, 1.54) is 0 Å².